The summed E-state index contributed by atoms with van der Waals surface area (Å²) in [5.41, 5.74) is 7.11. The van der Waals surface area contributed by atoms with Gasteiger partial charge in [-0.3, -0.25) is 4.79 Å². The Balaban J connectivity index is 1.97. The fourth-order valence-corrected chi connectivity index (χ4v) is 2.15. The molecule has 0 radical (unpaired) electrons. The molecule has 0 unspecified atom stereocenters. The summed E-state index contributed by atoms with van der Waals surface area (Å²) in [5.74, 6) is 0.0764. The third-order valence-corrected chi connectivity index (χ3v) is 3.42. The van der Waals surface area contributed by atoms with E-state index in [0.29, 0.717) is 5.56 Å². The molecule has 4 heteroatoms. The minimum absolute atomic E-state index is 0.182. The molecule has 0 aliphatic carbocycles. The van der Waals surface area contributed by atoms with Crippen LogP contribution >= 0.6 is 0 Å². The number of amides is 1. The fraction of sp³-hybridized carbons (Fsp3) is 0.294. The van der Waals surface area contributed by atoms with E-state index in [4.69, 9.17) is 5.73 Å². The Morgan fingerprint density at radius 1 is 1.19 bits per heavy atom. The molecule has 1 amide bonds. The average Bonchev–Trinajstić information content (AvgIpc) is 2.46. The van der Waals surface area contributed by atoms with E-state index in [1.54, 1.807) is 18.3 Å². The number of nitrogens with zero attached hydrogens (tertiary/aromatic N) is 1. The van der Waals surface area contributed by atoms with Crippen molar-refractivity contribution in [3.63, 3.8) is 0 Å². The number of rotatable bonds is 5. The van der Waals surface area contributed by atoms with Crippen molar-refractivity contribution in [1.29, 1.82) is 0 Å². The van der Waals surface area contributed by atoms with Crippen molar-refractivity contribution < 1.29 is 4.79 Å². The van der Waals surface area contributed by atoms with E-state index < -0.39 is 0 Å². The Hall–Kier alpha value is -2.36. The summed E-state index contributed by atoms with van der Waals surface area (Å²) in [6.45, 7) is 4.03. The highest BCUT2D eigenvalue weighted by Gasteiger charge is 2.22. The molecule has 21 heavy (non-hydrogen) atoms. The third kappa shape index (κ3) is 4.31. The number of hydrogen-bond donors (Lipinski definition) is 2. The molecule has 0 spiro atoms. The van der Waals surface area contributed by atoms with Crippen molar-refractivity contribution in [2.24, 2.45) is 0 Å². The van der Waals surface area contributed by atoms with E-state index >= 15 is 0 Å². The summed E-state index contributed by atoms with van der Waals surface area (Å²) in [5, 5.41) is 3.02. The van der Waals surface area contributed by atoms with E-state index in [2.05, 4.69) is 22.4 Å². The number of carbonyl (C=O) groups is 1. The van der Waals surface area contributed by atoms with E-state index in [-0.39, 0.29) is 17.3 Å². The van der Waals surface area contributed by atoms with Gasteiger partial charge in [-0.05, 0) is 44.4 Å². The van der Waals surface area contributed by atoms with Crippen LogP contribution in [0.3, 0.4) is 0 Å². The summed E-state index contributed by atoms with van der Waals surface area (Å²) < 4.78 is 0. The van der Waals surface area contributed by atoms with E-state index in [0.717, 1.165) is 12.8 Å². The molecule has 110 valence electrons. The van der Waals surface area contributed by atoms with Gasteiger partial charge in [0.15, 0.2) is 0 Å². The van der Waals surface area contributed by atoms with Crippen molar-refractivity contribution in [3.8, 4) is 0 Å². The molecule has 4 nitrogen and oxygen atoms in total. The molecular formula is C17H21N3O. The van der Waals surface area contributed by atoms with Gasteiger partial charge in [-0.2, -0.15) is 0 Å². The maximum Gasteiger partial charge on any atom is 0.255 e. The molecule has 0 saturated carbocycles. The largest absolute Gasteiger partial charge is 0.383 e. The van der Waals surface area contributed by atoms with E-state index in [1.165, 1.54) is 5.56 Å². The second-order valence-electron chi connectivity index (χ2n) is 5.76. The van der Waals surface area contributed by atoms with Crippen LogP contribution in [0.15, 0.2) is 48.7 Å². The quantitative estimate of drug-likeness (QED) is 0.886. The number of aromatic nitrogens is 1. The van der Waals surface area contributed by atoms with Gasteiger partial charge in [0.25, 0.3) is 5.91 Å². The number of hydrogen-bond acceptors (Lipinski definition) is 3. The van der Waals surface area contributed by atoms with Gasteiger partial charge in [0.1, 0.15) is 5.82 Å². The summed E-state index contributed by atoms with van der Waals surface area (Å²) >= 11 is 0. The molecule has 0 bridgehead atoms. The first-order chi connectivity index (χ1) is 9.98. The SMILES string of the molecule is CC(C)(CCc1ccccc1)NC(=O)c1cccnc1N. The molecule has 1 aromatic heterocycles. The van der Waals surface area contributed by atoms with E-state index in [1.807, 2.05) is 32.0 Å². The first-order valence-electron chi connectivity index (χ1n) is 7.05. The van der Waals surface area contributed by atoms with Crippen LogP contribution in [-0.4, -0.2) is 16.4 Å². The minimum Gasteiger partial charge on any atom is -0.383 e. The van der Waals surface area contributed by atoms with Crippen molar-refractivity contribution in [1.82, 2.24) is 10.3 Å². The van der Waals surface area contributed by atoms with Crippen LogP contribution in [0.4, 0.5) is 5.82 Å². The topological polar surface area (TPSA) is 68.0 Å². The number of carbonyl (C=O) groups excluding carboxylic acids is 1. The van der Waals surface area contributed by atoms with Crippen LogP contribution < -0.4 is 11.1 Å². The third-order valence-electron chi connectivity index (χ3n) is 3.42. The second-order valence-corrected chi connectivity index (χ2v) is 5.76. The Kier molecular flexibility index (Phi) is 4.58. The monoisotopic (exact) mass is 283 g/mol. The van der Waals surface area contributed by atoms with Crippen LogP contribution in [0, 0.1) is 0 Å². The molecule has 0 fully saturated rings. The highest BCUT2D eigenvalue weighted by molar-refractivity contribution is 5.98. The van der Waals surface area contributed by atoms with Crippen molar-refractivity contribution in [2.75, 3.05) is 5.73 Å². The Morgan fingerprint density at radius 2 is 1.90 bits per heavy atom. The summed E-state index contributed by atoms with van der Waals surface area (Å²) in [4.78, 5) is 16.2. The molecule has 0 aliphatic rings. The number of pyridine rings is 1. The lowest BCUT2D eigenvalue weighted by molar-refractivity contribution is 0.0910. The predicted octanol–water partition coefficient (Wildman–Crippen LogP) is 2.81. The molecular weight excluding hydrogens is 262 g/mol. The van der Waals surface area contributed by atoms with Gasteiger partial charge >= 0.3 is 0 Å². The van der Waals surface area contributed by atoms with Gasteiger partial charge in [0, 0.05) is 11.7 Å². The zero-order valence-electron chi connectivity index (χ0n) is 12.5. The van der Waals surface area contributed by atoms with Gasteiger partial charge in [-0.1, -0.05) is 30.3 Å². The highest BCUT2D eigenvalue weighted by Crippen LogP contribution is 2.16. The maximum absolute atomic E-state index is 12.3. The molecule has 1 aromatic carbocycles. The average molecular weight is 283 g/mol. The van der Waals surface area contributed by atoms with Crippen LogP contribution in [0.2, 0.25) is 0 Å². The smallest absolute Gasteiger partial charge is 0.255 e. The van der Waals surface area contributed by atoms with Gasteiger partial charge in [-0.15, -0.1) is 0 Å². The molecule has 1 heterocycles. The number of nitrogens with one attached hydrogen (secondary N) is 1. The first kappa shape index (κ1) is 15.0. The van der Waals surface area contributed by atoms with Crippen LogP contribution in [0.5, 0.6) is 0 Å². The minimum atomic E-state index is -0.310. The van der Waals surface area contributed by atoms with Crippen LogP contribution in [0.25, 0.3) is 0 Å². The van der Waals surface area contributed by atoms with Crippen LogP contribution in [0.1, 0.15) is 36.2 Å². The number of anilines is 1. The lowest BCUT2D eigenvalue weighted by Gasteiger charge is -2.26. The standard InChI is InChI=1S/C17H21N3O/c1-17(2,11-10-13-7-4-3-5-8-13)20-16(21)14-9-6-12-19-15(14)18/h3-9,12H,10-11H2,1-2H3,(H2,18,19)(H,20,21). The number of benzene rings is 1. The summed E-state index contributed by atoms with van der Waals surface area (Å²) in [6, 6.07) is 13.6. The molecule has 0 atom stereocenters. The molecule has 0 saturated heterocycles. The molecule has 3 N–H and O–H groups in total. The van der Waals surface area contributed by atoms with Gasteiger partial charge in [0.2, 0.25) is 0 Å². The van der Waals surface area contributed by atoms with Gasteiger partial charge in [-0.25, -0.2) is 4.98 Å². The zero-order valence-corrected chi connectivity index (χ0v) is 12.5. The number of nitrogen functional groups attached to an aromatic ring is 1. The second kappa shape index (κ2) is 6.39. The Labute approximate surface area is 125 Å². The van der Waals surface area contributed by atoms with Crippen LogP contribution in [-0.2, 0) is 6.42 Å². The predicted molar refractivity (Wildman–Crippen MR) is 85.0 cm³/mol. The Morgan fingerprint density at radius 3 is 2.57 bits per heavy atom. The highest BCUT2D eigenvalue weighted by atomic mass is 16.1. The van der Waals surface area contributed by atoms with Gasteiger partial charge < -0.3 is 11.1 Å². The Bertz CT molecular complexity index is 608. The van der Waals surface area contributed by atoms with Gasteiger partial charge in [0.05, 0.1) is 5.56 Å². The first-order valence-corrected chi connectivity index (χ1v) is 7.05. The molecule has 0 aliphatic heterocycles. The lowest BCUT2D eigenvalue weighted by atomic mass is 9.95. The lowest BCUT2D eigenvalue weighted by Crippen LogP contribution is -2.44. The molecule has 2 rings (SSSR count). The maximum atomic E-state index is 12.3. The number of nitrogens with two attached hydrogens (primary N) is 1. The zero-order chi connectivity index (χ0) is 15.3. The fourth-order valence-electron chi connectivity index (χ4n) is 2.15. The normalized spacial score (nSPS) is 11.1. The number of aryl methyl sites for hydroxylation is 1. The summed E-state index contributed by atoms with van der Waals surface area (Å²) in [6.07, 6.45) is 3.34. The van der Waals surface area contributed by atoms with Crippen molar-refractivity contribution in [3.05, 3.63) is 59.8 Å². The van der Waals surface area contributed by atoms with Crippen molar-refractivity contribution >= 4 is 11.7 Å². The molecule has 2 aromatic rings. The van der Waals surface area contributed by atoms with E-state index in [9.17, 15) is 4.79 Å². The summed E-state index contributed by atoms with van der Waals surface area (Å²) in [7, 11) is 0. The van der Waals surface area contributed by atoms with Crippen molar-refractivity contribution in [2.45, 2.75) is 32.2 Å².